The van der Waals surface area contributed by atoms with Gasteiger partial charge in [-0.05, 0) is 42.7 Å². The molecule has 1 aliphatic heterocycles. The molecule has 27 heavy (non-hydrogen) atoms. The van der Waals surface area contributed by atoms with E-state index in [1.165, 1.54) is 12.1 Å². The number of carbonyl (C=O) groups excluding carboxylic acids is 1. The van der Waals surface area contributed by atoms with E-state index >= 15 is 0 Å². The van der Waals surface area contributed by atoms with Crippen molar-refractivity contribution in [2.75, 3.05) is 6.54 Å². The molecule has 1 fully saturated rings. The molecule has 4 rings (SSSR count). The monoisotopic (exact) mass is 385 g/mol. The Hall–Kier alpha value is -2.73. The first-order chi connectivity index (χ1) is 13.1. The van der Waals surface area contributed by atoms with E-state index in [0.29, 0.717) is 23.3 Å². The summed E-state index contributed by atoms with van der Waals surface area (Å²) in [6.07, 6.45) is 1.85. The van der Waals surface area contributed by atoms with Crippen LogP contribution in [0.5, 0.6) is 0 Å². The molecule has 0 saturated carbocycles. The molecule has 2 aromatic carbocycles. The van der Waals surface area contributed by atoms with Gasteiger partial charge in [-0.15, -0.1) is 0 Å². The molecule has 1 saturated heterocycles. The van der Waals surface area contributed by atoms with Gasteiger partial charge in [0.25, 0.3) is 0 Å². The standard InChI is InChI=1S/C20H17ClFN3O2/c21-15-4-1-3-14(12-15)19-23-20(27-24-19)17-5-2-10-25(17)18(26)11-13-6-8-16(22)9-7-13/h1,3-4,6-9,12,17H,2,5,10-11H2/t17-/m0/s1. The summed E-state index contributed by atoms with van der Waals surface area (Å²) in [6.45, 7) is 0.638. The molecule has 0 N–H and O–H groups in total. The highest BCUT2D eigenvalue weighted by molar-refractivity contribution is 6.30. The summed E-state index contributed by atoms with van der Waals surface area (Å²) in [5, 5.41) is 4.63. The van der Waals surface area contributed by atoms with Gasteiger partial charge in [-0.2, -0.15) is 4.98 Å². The van der Waals surface area contributed by atoms with Crippen molar-refractivity contribution in [1.82, 2.24) is 15.0 Å². The summed E-state index contributed by atoms with van der Waals surface area (Å²) in [4.78, 5) is 19.0. The Morgan fingerprint density at radius 3 is 2.85 bits per heavy atom. The van der Waals surface area contributed by atoms with E-state index in [9.17, 15) is 9.18 Å². The van der Waals surface area contributed by atoms with E-state index in [1.807, 2.05) is 12.1 Å². The summed E-state index contributed by atoms with van der Waals surface area (Å²) >= 11 is 6.02. The van der Waals surface area contributed by atoms with Gasteiger partial charge in [-0.1, -0.05) is 41.0 Å². The maximum absolute atomic E-state index is 13.0. The zero-order valence-electron chi connectivity index (χ0n) is 14.4. The Kier molecular flexibility index (Phi) is 4.90. The van der Waals surface area contributed by atoms with Gasteiger partial charge in [0.15, 0.2) is 0 Å². The van der Waals surface area contributed by atoms with Gasteiger partial charge in [0.2, 0.25) is 17.6 Å². The van der Waals surface area contributed by atoms with Crippen molar-refractivity contribution in [3.05, 3.63) is 70.8 Å². The zero-order chi connectivity index (χ0) is 18.8. The van der Waals surface area contributed by atoms with Crippen molar-refractivity contribution in [2.24, 2.45) is 0 Å². The number of halogens is 2. The van der Waals surface area contributed by atoms with Crippen LogP contribution in [0.15, 0.2) is 53.1 Å². The van der Waals surface area contributed by atoms with Crippen molar-refractivity contribution in [3.63, 3.8) is 0 Å². The molecule has 0 bridgehead atoms. The van der Waals surface area contributed by atoms with Crippen molar-refractivity contribution in [3.8, 4) is 11.4 Å². The van der Waals surface area contributed by atoms with Crippen molar-refractivity contribution >= 4 is 17.5 Å². The average Bonchev–Trinajstić information content (AvgIpc) is 3.33. The van der Waals surface area contributed by atoms with E-state index in [4.69, 9.17) is 16.1 Å². The third-order valence-corrected chi connectivity index (χ3v) is 4.89. The fraction of sp³-hybridized carbons (Fsp3) is 0.250. The van der Waals surface area contributed by atoms with Crippen LogP contribution in [0.1, 0.15) is 30.3 Å². The Morgan fingerprint density at radius 2 is 2.07 bits per heavy atom. The number of amides is 1. The largest absolute Gasteiger partial charge is 0.337 e. The number of hydrogen-bond donors (Lipinski definition) is 0. The molecular weight excluding hydrogens is 369 g/mol. The molecule has 1 aromatic heterocycles. The summed E-state index contributed by atoms with van der Waals surface area (Å²) in [6, 6.07) is 13.0. The fourth-order valence-corrected chi connectivity index (χ4v) is 3.51. The number of likely N-dealkylation sites (tertiary alicyclic amines) is 1. The second kappa shape index (κ2) is 7.48. The smallest absolute Gasteiger partial charge is 0.249 e. The van der Waals surface area contributed by atoms with E-state index < -0.39 is 0 Å². The minimum absolute atomic E-state index is 0.0355. The second-order valence-electron chi connectivity index (χ2n) is 6.51. The van der Waals surface area contributed by atoms with Crippen LogP contribution in [-0.2, 0) is 11.2 Å². The maximum atomic E-state index is 13.0. The molecule has 1 atom stereocenters. The molecule has 2 heterocycles. The number of carbonyl (C=O) groups is 1. The summed E-state index contributed by atoms with van der Waals surface area (Å²) < 4.78 is 18.5. The highest BCUT2D eigenvalue weighted by atomic mass is 35.5. The average molecular weight is 386 g/mol. The van der Waals surface area contributed by atoms with Gasteiger partial charge in [0, 0.05) is 17.1 Å². The van der Waals surface area contributed by atoms with Crippen LogP contribution < -0.4 is 0 Å². The minimum Gasteiger partial charge on any atom is -0.337 e. The van der Waals surface area contributed by atoms with Crippen molar-refractivity contribution in [1.29, 1.82) is 0 Å². The SMILES string of the molecule is O=C(Cc1ccc(F)cc1)N1CCC[C@H]1c1nc(-c2cccc(Cl)c2)no1. The molecule has 138 valence electrons. The number of hydrogen-bond acceptors (Lipinski definition) is 4. The first-order valence-corrected chi connectivity index (χ1v) is 9.11. The molecule has 0 unspecified atom stereocenters. The van der Waals surface area contributed by atoms with Crippen LogP contribution in [0, 0.1) is 5.82 Å². The van der Waals surface area contributed by atoms with Crippen LogP contribution >= 0.6 is 11.6 Å². The number of nitrogens with zero attached hydrogens (tertiary/aromatic N) is 3. The third-order valence-electron chi connectivity index (χ3n) is 4.65. The van der Waals surface area contributed by atoms with Gasteiger partial charge >= 0.3 is 0 Å². The van der Waals surface area contributed by atoms with Crippen LogP contribution in [-0.4, -0.2) is 27.5 Å². The molecule has 7 heteroatoms. The number of aromatic nitrogens is 2. The first kappa shape index (κ1) is 17.7. The van der Waals surface area contributed by atoms with Gasteiger partial charge in [0.1, 0.15) is 11.9 Å². The predicted octanol–water partition coefficient (Wildman–Crippen LogP) is 4.44. The molecule has 0 radical (unpaired) electrons. The number of benzene rings is 2. The highest BCUT2D eigenvalue weighted by Gasteiger charge is 2.34. The van der Waals surface area contributed by atoms with Crippen molar-refractivity contribution < 1.29 is 13.7 Å². The molecule has 1 amide bonds. The molecule has 5 nitrogen and oxygen atoms in total. The normalized spacial score (nSPS) is 16.7. The van der Waals surface area contributed by atoms with Gasteiger partial charge in [-0.3, -0.25) is 4.79 Å². The van der Waals surface area contributed by atoms with Gasteiger partial charge in [0.05, 0.1) is 6.42 Å². The molecule has 0 spiro atoms. The second-order valence-corrected chi connectivity index (χ2v) is 6.95. The number of rotatable bonds is 4. The summed E-state index contributed by atoms with van der Waals surface area (Å²) in [7, 11) is 0. The Bertz CT molecular complexity index is 958. The molecule has 1 aliphatic rings. The predicted molar refractivity (Wildman–Crippen MR) is 98.5 cm³/mol. The summed E-state index contributed by atoms with van der Waals surface area (Å²) in [5.74, 6) is 0.525. The molecular formula is C20H17ClFN3O2. The van der Waals surface area contributed by atoms with Gasteiger partial charge < -0.3 is 9.42 Å². The Morgan fingerprint density at radius 1 is 1.26 bits per heavy atom. The van der Waals surface area contributed by atoms with E-state index in [1.54, 1.807) is 29.2 Å². The van der Waals surface area contributed by atoms with E-state index in [2.05, 4.69) is 10.1 Å². The molecule has 0 aliphatic carbocycles. The summed E-state index contributed by atoms with van der Waals surface area (Å²) in [5.41, 5.74) is 1.54. The van der Waals surface area contributed by atoms with Crippen LogP contribution in [0.2, 0.25) is 5.02 Å². The Balaban J connectivity index is 1.51. The highest BCUT2D eigenvalue weighted by Crippen LogP contribution is 2.32. The lowest BCUT2D eigenvalue weighted by atomic mass is 10.1. The van der Waals surface area contributed by atoms with E-state index in [-0.39, 0.29) is 24.2 Å². The maximum Gasteiger partial charge on any atom is 0.249 e. The van der Waals surface area contributed by atoms with Gasteiger partial charge in [-0.25, -0.2) is 4.39 Å². The Labute approximate surface area is 160 Å². The van der Waals surface area contributed by atoms with Crippen LogP contribution in [0.25, 0.3) is 11.4 Å². The van der Waals surface area contributed by atoms with E-state index in [0.717, 1.165) is 24.0 Å². The third kappa shape index (κ3) is 3.85. The lowest BCUT2D eigenvalue weighted by molar-refractivity contribution is -0.131. The topological polar surface area (TPSA) is 59.2 Å². The lowest BCUT2D eigenvalue weighted by Crippen LogP contribution is -2.32. The van der Waals surface area contributed by atoms with Crippen LogP contribution in [0.3, 0.4) is 0 Å². The lowest BCUT2D eigenvalue weighted by Gasteiger charge is -2.21. The fourth-order valence-electron chi connectivity index (χ4n) is 3.32. The zero-order valence-corrected chi connectivity index (χ0v) is 15.2. The van der Waals surface area contributed by atoms with Crippen LogP contribution in [0.4, 0.5) is 4.39 Å². The molecule has 3 aromatic rings. The first-order valence-electron chi connectivity index (χ1n) is 8.73. The minimum atomic E-state index is -0.315. The van der Waals surface area contributed by atoms with Crippen molar-refractivity contribution in [2.45, 2.75) is 25.3 Å². The quantitative estimate of drug-likeness (QED) is 0.666.